The van der Waals surface area contributed by atoms with Crippen LogP contribution in [-0.2, 0) is 6.42 Å². The van der Waals surface area contributed by atoms with Crippen molar-refractivity contribution >= 4 is 11.3 Å². The predicted molar refractivity (Wildman–Crippen MR) is 78.8 cm³/mol. The molecule has 0 fully saturated rings. The van der Waals surface area contributed by atoms with Crippen LogP contribution in [0, 0.1) is 5.92 Å². The number of nitrogens with one attached hydrogen (secondary N) is 1. The van der Waals surface area contributed by atoms with Crippen LogP contribution in [0.5, 0.6) is 0 Å². The monoisotopic (exact) mass is 253 g/mol. The van der Waals surface area contributed by atoms with Crippen molar-refractivity contribution in [3.8, 4) is 0 Å². The number of hydrogen-bond donors (Lipinski definition) is 1. The zero-order chi connectivity index (χ0) is 12.5. The Bertz CT molecular complexity index is 268. The second-order valence-electron chi connectivity index (χ2n) is 5.12. The molecule has 0 radical (unpaired) electrons. The van der Waals surface area contributed by atoms with Crippen LogP contribution in [0.2, 0.25) is 0 Å². The Morgan fingerprint density at radius 2 is 2.12 bits per heavy atom. The van der Waals surface area contributed by atoms with Crippen LogP contribution in [0.15, 0.2) is 16.8 Å². The lowest BCUT2D eigenvalue weighted by Gasteiger charge is -2.21. The molecule has 0 bridgehead atoms. The summed E-state index contributed by atoms with van der Waals surface area (Å²) in [5, 5.41) is 8.17. The Kier molecular flexibility index (Phi) is 7.54. The lowest BCUT2D eigenvalue weighted by molar-refractivity contribution is 0.381. The van der Waals surface area contributed by atoms with E-state index >= 15 is 0 Å². The van der Waals surface area contributed by atoms with Crippen molar-refractivity contribution in [3.05, 3.63) is 22.4 Å². The van der Waals surface area contributed by atoms with Gasteiger partial charge in [0.05, 0.1) is 0 Å². The molecule has 1 nitrogen and oxygen atoms in total. The average molecular weight is 253 g/mol. The van der Waals surface area contributed by atoms with Gasteiger partial charge in [-0.1, -0.05) is 33.6 Å². The first-order chi connectivity index (χ1) is 8.26. The topological polar surface area (TPSA) is 12.0 Å². The average Bonchev–Trinajstić information content (AvgIpc) is 2.79. The Morgan fingerprint density at radius 1 is 1.29 bits per heavy atom. The molecule has 2 atom stereocenters. The summed E-state index contributed by atoms with van der Waals surface area (Å²) < 4.78 is 0. The number of thiophene rings is 1. The molecule has 0 aliphatic carbocycles. The first-order valence-corrected chi connectivity index (χ1v) is 7.95. The van der Waals surface area contributed by atoms with Gasteiger partial charge in [-0.3, -0.25) is 0 Å². The Labute approximate surface area is 111 Å². The van der Waals surface area contributed by atoms with E-state index in [-0.39, 0.29) is 0 Å². The minimum atomic E-state index is 0.658. The van der Waals surface area contributed by atoms with E-state index in [0.29, 0.717) is 6.04 Å². The molecule has 0 saturated carbocycles. The van der Waals surface area contributed by atoms with E-state index in [1.807, 2.05) is 0 Å². The highest BCUT2D eigenvalue weighted by molar-refractivity contribution is 7.07. The third-order valence-corrected chi connectivity index (χ3v) is 3.95. The summed E-state index contributed by atoms with van der Waals surface area (Å²) in [4.78, 5) is 0. The van der Waals surface area contributed by atoms with Crippen molar-refractivity contribution in [2.24, 2.45) is 5.92 Å². The fourth-order valence-electron chi connectivity index (χ4n) is 2.38. The highest BCUT2D eigenvalue weighted by atomic mass is 32.1. The van der Waals surface area contributed by atoms with Gasteiger partial charge in [0.1, 0.15) is 0 Å². The molecule has 2 heteroatoms. The van der Waals surface area contributed by atoms with Crippen LogP contribution < -0.4 is 5.32 Å². The molecule has 0 spiro atoms. The fourth-order valence-corrected chi connectivity index (χ4v) is 3.06. The molecule has 1 heterocycles. The molecule has 1 aromatic rings. The van der Waals surface area contributed by atoms with Gasteiger partial charge in [0.15, 0.2) is 0 Å². The van der Waals surface area contributed by atoms with Gasteiger partial charge < -0.3 is 5.32 Å². The summed E-state index contributed by atoms with van der Waals surface area (Å²) in [5.74, 6) is 0.841. The van der Waals surface area contributed by atoms with Crippen LogP contribution in [0.25, 0.3) is 0 Å². The predicted octanol–water partition coefficient (Wildman–Crippen LogP) is 4.49. The van der Waals surface area contributed by atoms with E-state index in [1.165, 1.54) is 37.7 Å². The second-order valence-corrected chi connectivity index (χ2v) is 5.90. The summed E-state index contributed by atoms with van der Waals surface area (Å²) in [7, 11) is 0. The molecular weight excluding hydrogens is 226 g/mol. The maximum atomic E-state index is 3.70. The summed E-state index contributed by atoms with van der Waals surface area (Å²) in [6, 6.07) is 2.92. The fraction of sp³-hybridized carbons (Fsp3) is 0.733. The highest BCUT2D eigenvalue weighted by Crippen LogP contribution is 2.17. The van der Waals surface area contributed by atoms with E-state index in [9.17, 15) is 0 Å². The maximum Gasteiger partial charge on any atom is 0.0110 e. The van der Waals surface area contributed by atoms with E-state index < -0.39 is 0 Å². The van der Waals surface area contributed by atoms with Crippen molar-refractivity contribution in [1.29, 1.82) is 0 Å². The zero-order valence-electron chi connectivity index (χ0n) is 11.5. The smallest absolute Gasteiger partial charge is 0.0110 e. The molecule has 0 aromatic carbocycles. The van der Waals surface area contributed by atoms with Gasteiger partial charge in [-0.25, -0.2) is 0 Å². The van der Waals surface area contributed by atoms with Crippen molar-refractivity contribution < 1.29 is 0 Å². The third-order valence-electron chi connectivity index (χ3n) is 3.21. The number of rotatable bonds is 9. The lowest BCUT2D eigenvalue weighted by Crippen LogP contribution is -2.33. The van der Waals surface area contributed by atoms with E-state index in [0.717, 1.165) is 12.5 Å². The summed E-state index contributed by atoms with van der Waals surface area (Å²) in [6.45, 7) is 8.05. The molecule has 17 heavy (non-hydrogen) atoms. The molecule has 0 saturated heterocycles. The maximum absolute atomic E-state index is 3.70. The van der Waals surface area contributed by atoms with Crippen LogP contribution >= 0.6 is 11.3 Å². The molecule has 1 aromatic heterocycles. The molecule has 0 aliphatic rings. The van der Waals surface area contributed by atoms with Gasteiger partial charge in [0, 0.05) is 6.04 Å². The van der Waals surface area contributed by atoms with Gasteiger partial charge in [-0.05, 0) is 54.1 Å². The van der Waals surface area contributed by atoms with Gasteiger partial charge in [-0.2, -0.15) is 11.3 Å². The molecular formula is C15H27NS. The van der Waals surface area contributed by atoms with E-state index in [2.05, 4.69) is 42.9 Å². The van der Waals surface area contributed by atoms with Crippen molar-refractivity contribution in [1.82, 2.24) is 5.32 Å². The molecule has 1 rings (SSSR count). The van der Waals surface area contributed by atoms with E-state index in [1.54, 1.807) is 11.3 Å². The first kappa shape index (κ1) is 14.7. The van der Waals surface area contributed by atoms with Gasteiger partial charge in [0.2, 0.25) is 0 Å². The van der Waals surface area contributed by atoms with Crippen LogP contribution in [-0.4, -0.2) is 12.6 Å². The molecule has 98 valence electrons. The highest BCUT2D eigenvalue weighted by Gasteiger charge is 2.13. The summed E-state index contributed by atoms with van der Waals surface area (Å²) >= 11 is 1.81. The molecule has 2 unspecified atom stereocenters. The minimum Gasteiger partial charge on any atom is -0.314 e. The second kappa shape index (κ2) is 8.71. The Morgan fingerprint density at radius 3 is 2.71 bits per heavy atom. The van der Waals surface area contributed by atoms with E-state index in [4.69, 9.17) is 0 Å². The van der Waals surface area contributed by atoms with Crippen molar-refractivity contribution in [2.45, 2.75) is 58.9 Å². The van der Waals surface area contributed by atoms with Crippen molar-refractivity contribution in [3.63, 3.8) is 0 Å². The van der Waals surface area contributed by atoms with Crippen LogP contribution in [0.1, 0.15) is 52.0 Å². The van der Waals surface area contributed by atoms with Crippen LogP contribution in [0.4, 0.5) is 0 Å². The SMILES string of the molecule is CCCNC(Cc1ccsc1)CC(C)CCC. The molecule has 0 amide bonds. The van der Waals surface area contributed by atoms with Gasteiger partial charge in [-0.15, -0.1) is 0 Å². The van der Waals surface area contributed by atoms with Gasteiger partial charge >= 0.3 is 0 Å². The van der Waals surface area contributed by atoms with Crippen LogP contribution in [0.3, 0.4) is 0 Å². The quantitative estimate of drug-likeness (QED) is 0.684. The largest absolute Gasteiger partial charge is 0.314 e. The molecule has 0 aliphatic heterocycles. The molecule has 1 N–H and O–H groups in total. The Hall–Kier alpha value is -0.340. The summed E-state index contributed by atoms with van der Waals surface area (Å²) in [6.07, 6.45) is 6.39. The lowest BCUT2D eigenvalue weighted by atomic mass is 9.94. The van der Waals surface area contributed by atoms with Gasteiger partial charge in [0.25, 0.3) is 0 Å². The zero-order valence-corrected chi connectivity index (χ0v) is 12.4. The standard InChI is InChI=1S/C15H27NS/c1-4-6-13(3)10-15(16-8-5-2)11-14-7-9-17-12-14/h7,9,12-13,15-16H,4-6,8,10-11H2,1-3H3. The van der Waals surface area contributed by atoms with Crippen molar-refractivity contribution in [2.75, 3.05) is 6.54 Å². The third kappa shape index (κ3) is 6.23. The first-order valence-electron chi connectivity index (χ1n) is 7.00. The minimum absolute atomic E-state index is 0.658. The number of hydrogen-bond acceptors (Lipinski definition) is 2. The normalized spacial score (nSPS) is 14.8. The summed E-state index contributed by atoms with van der Waals surface area (Å²) in [5.41, 5.74) is 1.49. The Balaban J connectivity index is 2.42.